The second-order valence-electron chi connectivity index (χ2n) is 8.53. The van der Waals surface area contributed by atoms with Crippen molar-refractivity contribution in [3.63, 3.8) is 0 Å². The Morgan fingerprint density at radius 3 is 2.00 bits per heavy atom. The molecular weight excluding hydrogens is 506 g/mol. The number of ether oxygens (including phenoxy) is 2. The molecule has 0 saturated heterocycles. The van der Waals surface area contributed by atoms with Gasteiger partial charge in [0.05, 0.1) is 6.54 Å². The minimum absolute atomic E-state index is 0.0330. The Balaban J connectivity index is 1.57. The molecule has 0 spiro atoms. The fraction of sp³-hybridized carbons (Fsp3) is 0.440. The maximum Gasteiger partial charge on any atom is 0.422 e. The van der Waals surface area contributed by atoms with Crippen molar-refractivity contribution in [2.45, 2.75) is 43.6 Å². The number of hydrogen-bond donors (Lipinski definition) is 2. The molecule has 1 amide bonds. The molecule has 0 saturated carbocycles. The molecule has 37 heavy (non-hydrogen) atoms. The molecule has 0 fully saturated rings. The average molecular weight is 532 g/mol. The molecule has 2 aromatic carbocycles. The molecule has 0 bridgehead atoms. The van der Waals surface area contributed by atoms with Gasteiger partial charge in [0.2, 0.25) is 0 Å². The second-order valence-corrected chi connectivity index (χ2v) is 8.53. The Morgan fingerprint density at radius 2 is 1.43 bits per heavy atom. The van der Waals surface area contributed by atoms with Gasteiger partial charge in [-0.2, -0.15) is 26.3 Å². The Morgan fingerprint density at radius 1 is 0.838 bits per heavy atom. The van der Waals surface area contributed by atoms with Gasteiger partial charge < -0.3 is 20.1 Å². The number of hydrogen-bond acceptors (Lipinski definition) is 5. The molecule has 0 heterocycles. The average Bonchev–Trinajstić information content (AvgIpc) is 3.15. The van der Waals surface area contributed by atoms with Gasteiger partial charge >= 0.3 is 24.4 Å². The molecular formula is C25H26F6N2O4. The van der Waals surface area contributed by atoms with Gasteiger partial charge in [0, 0.05) is 5.92 Å². The highest BCUT2D eigenvalue weighted by Crippen LogP contribution is 2.44. The lowest BCUT2D eigenvalue weighted by molar-refractivity contribution is -0.187. The summed E-state index contributed by atoms with van der Waals surface area (Å²) < 4.78 is 83.6. The van der Waals surface area contributed by atoms with Gasteiger partial charge in [0.15, 0.2) is 6.61 Å². The third-order valence-electron chi connectivity index (χ3n) is 5.72. The molecule has 0 aromatic heterocycles. The van der Waals surface area contributed by atoms with Crippen LogP contribution in [-0.4, -0.2) is 56.8 Å². The number of carbonyl (C=O) groups is 2. The summed E-state index contributed by atoms with van der Waals surface area (Å²) in [5.41, 5.74) is 3.90. The third-order valence-corrected chi connectivity index (χ3v) is 5.72. The lowest BCUT2D eigenvalue weighted by Gasteiger charge is -2.19. The number of carbonyl (C=O) groups excluding carboxylic acids is 2. The van der Waals surface area contributed by atoms with Crippen LogP contribution in [0.5, 0.6) is 0 Å². The molecule has 1 unspecified atom stereocenters. The topological polar surface area (TPSA) is 76.7 Å². The van der Waals surface area contributed by atoms with Crippen molar-refractivity contribution in [2.24, 2.45) is 0 Å². The van der Waals surface area contributed by atoms with Crippen molar-refractivity contribution in [3.05, 3.63) is 59.7 Å². The summed E-state index contributed by atoms with van der Waals surface area (Å²) in [6, 6.07) is 13.7. The number of unbranched alkanes of at least 4 members (excludes halogenated alkanes) is 1. The second kappa shape index (κ2) is 12.3. The largest absolute Gasteiger partial charge is 0.455 e. The SMILES string of the molecule is O=C(NC(CCCCNCC(F)(F)F)C(=O)OCC(F)(F)F)OCC1c2ccccc2-c2ccccc21. The molecule has 1 atom stereocenters. The lowest BCUT2D eigenvalue weighted by Crippen LogP contribution is -2.43. The Hall–Kier alpha value is -3.28. The molecule has 2 aromatic rings. The number of esters is 1. The first-order valence-corrected chi connectivity index (χ1v) is 11.6. The molecule has 12 heteroatoms. The number of benzene rings is 2. The van der Waals surface area contributed by atoms with E-state index in [0.717, 1.165) is 22.3 Å². The molecule has 2 N–H and O–H groups in total. The van der Waals surface area contributed by atoms with Crippen LogP contribution in [0.15, 0.2) is 48.5 Å². The van der Waals surface area contributed by atoms with E-state index in [1.807, 2.05) is 48.5 Å². The molecule has 0 radical (unpaired) electrons. The normalized spacial score (nSPS) is 14.0. The monoisotopic (exact) mass is 532 g/mol. The minimum Gasteiger partial charge on any atom is -0.455 e. The van der Waals surface area contributed by atoms with Gasteiger partial charge in [-0.05, 0) is 48.1 Å². The molecule has 1 aliphatic rings. The highest BCUT2D eigenvalue weighted by Gasteiger charge is 2.33. The predicted molar refractivity (Wildman–Crippen MR) is 122 cm³/mol. The molecule has 202 valence electrons. The first-order valence-electron chi connectivity index (χ1n) is 11.6. The fourth-order valence-corrected chi connectivity index (χ4v) is 4.11. The van der Waals surface area contributed by atoms with Crippen LogP contribution < -0.4 is 10.6 Å². The Labute approximate surface area is 209 Å². The maximum atomic E-state index is 12.5. The van der Waals surface area contributed by atoms with E-state index < -0.39 is 43.6 Å². The predicted octanol–water partition coefficient (Wildman–Crippen LogP) is 5.32. The van der Waals surface area contributed by atoms with E-state index in [9.17, 15) is 35.9 Å². The number of nitrogens with one attached hydrogen (secondary N) is 2. The number of alkyl carbamates (subject to hydrolysis) is 1. The summed E-state index contributed by atoms with van der Waals surface area (Å²) in [6.45, 7) is -3.13. The van der Waals surface area contributed by atoms with E-state index in [-0.39, 0.29) is 38.3 Å². The Kier molecular flexibility index (Phi) is 9.41. The van der Waals surface area contributed by atoms with E-state index in [1.54, 1.807) is 0 Å². The van der Waals surface area contributed by atoms with E-state index in [1.165, 1.54) is 0 Å². The van der Waals surface area contributed by atoms with Crippen LogP contribution in [0.25, 0.3) is 11.1 Å². The van der Waals surface area contributed by atoms with Crippen molar-refractivity contribution in [1.82, 2.24) is 10.6 Å². The van der Waals surface area contributed by atoms with Gasteiger partial charge in [-0.1, -0.05) is 48.5 Å². The zero-order valence-corrected chi connectivity index (χ0v) is 19.6. The van der Waals surface area contributed by atoms with Gasteiger partial charge in [-0.25, -0.2) is 9.59 Å². The first kappa shape index (κ1) is 28.3. The van der Waals surface area contributed by atoms with Crippen LogP contribution in [0.2, 0.25) is 0 Å². The molecule has 6 nitrogen and oxygen atoms in total. The van der Waals surface area contributed by atoms with Crippen molar-refractivity contribution >= 4 is 12.1 Å². The zero-order chi connectivity index (χ0) is 27.1. The Bertz CT molecular complexity index is 1030. The maximum absolute atomic E-state index is 12.5. The highest BCUT2D eigenvalue weighted by atomic mass is 19.4. The number of halogens is 6. The number of alkyl halides is 6. The summed E-state index contributed by atoms with van der Waals surface area (Å²) in [6.07, 6.45) is -9.98. The molecule has 3 rings (SSSR count). The number of fused-ring (bicyclic) bond motifs is 3. The van der Waals surface area contributed by atoms with Gasteiger partial charge in [-0.15, -0.1) is 0 Å². The lowest BCUT2D eigenvalue weighted by atomic mass is 9.98. The summed E-state index contributed by atoms with van der Waals surface area (Å²) in [7, 11) is 0. The molecule has 0 aliphatic heterocycles. The van der Waals surface area contributed by atoms with E-state index in [2.05, 4.69) is 15.4 Å². The molecule has 1 aliphatic carbocycles. The first-order chi connectivity index (χ1) is 17.4. The van der Waals surface area contributed by atoms with Crippen molar-refractivity contribution in [1.29, 1.82) is 0 Å². The van der Waals surface area contributed by atoms with Crippen LogP contribution in [0.1, 0.15) is 36.3 Å². The third kappa shape index (κ3) is 8.66. The van der Waals surface area contributed by atoms with Crippen molar-refractivity contribution in [3.8, 4) is 11.1 Å². The summed E-state index contributed by atoms with van der Waals surface area (Å²) in [5.74, 6) is -1.58. The fourth-order valence-electron chi connectivity index (χ4n) is 4.11. The van der Waals surface area contributed by atoms with Gasteiger partial charge in [0.25, 0.3) is 0 Å². The van der Waals surface area contributed by atoms with Gasteiger partial charge in [-0.3, -0.25) is 0 Å². The zero-order valence-electron chi connectivity index (χ0n) is 19.6. The van der Waals surface area contributed by atoms with Gasteiger partial charge in [0.1, 0.15) is 12.6 Å². The van der Waals surface area contributed by atoms with Crippen LogP contribution in [0.3, 0.4) is 0 Å². The van der Waals surface area contributed by atoms with Crippen LogP contribution in [-0.2, 0) is 14.3 Å². The van der Waals surface area contributed by atoms with Crippen LogP contribution >= 0.6 is 0 Å². The van der Waals surface area contributed by atoms with Crippen LogP contribution in [0, 0.1) is 0 Å². The summed E-state index contributed by atoms with van der Waals surface area (Å²) in [5, 5.41) is 4.42. The van der Waals surface area contributed by atoms with E-state index >= 15 is 0 Å². The smallest absolute Gasteiger partial charge is 0.422 e. The highest BCUT2D eigenvalue weighted by molar-refractivity contribution is 5.82. The minimum atomic E-state index is -4.76. The number of rotatable bonds is 11. The quantitative estimate of drug-likeness (QED) is 0.233. The summed E-state index contributed by atoms with van der Waals surface area (Å²) >= 11 is 0. The van der Waals surface area contributed by atoms with Crippen molar-refractivity contribution < 1.29 is 45.4 Å². The standard InChI is InChI=1S/C25H26F6N2O4/c26-24(27,28)14-32-12-6-5-11-21(22(34)37-15-25(29,30)31)33-23(35)36-13-20-18-9-3-1-7-16(18)17-8-2-4-10-19(17)20/h1-4,7-10,20-21,32H,5-6,11-15H2,(H,33,35). The number of amides is 1. The summed E-state index contributed by atoms with van der Waals surface area (Å²) in [4.78, 5) is 24.7. The van der Waals surface area contributed by atoms with Crippen molar-refractivity contribution in [2.75, 3.05) is 26.3 Å². The van der Waals surface area contributed by atoms with E-state index in [4.69, 9.17) is 4.74 Å². The van der Waals surface area contributed by atoms with Crippen LogP contribution in [0.4, 0.5) is 31.1 Å². The van der Waals surface area contributed by atoms with E-state index in [0.29, 0.717) is 0 Å².